The monoisotopic (exact) mass is 337 g/mol. The molecule has 0 bridgehead atoms. The summed E-state index contributed by atoms with van der Waals surface area (Å²) in [5.41, 5.74) is 4.22. The van der Waals surface area contributed by atoms with Crippen molar-refractivity contribution in [1.29, 1.82) is 0 Å². The van der Waals surface area contributed by atoms with Gasteiger partial charge in [0, 0.05) is 17.9 Å². The smallest absolute Gasteiger partial charge is 0.0443 e. The third kappa shape index (κ3) is 6.57. The fourth-order valence-corrected chi connectivity index (χ4v) is 3.42. The van der Waals surface area contributed by atoms with E-state index in [-0.39, 0.29) is 0 Å². The van der Waals surface area contributed by atoms with E-state index in [1.54, 1.807) is 0 Å². The highest BCUT2D eigenvalue weighted by Gasteiger charge is 2.12. The molecule has 1 nitrogen and oxygen atoms in total. The lowest BCUT2D eigenvalue weighted by atomic mass is 10.0. The Hall–Kier alpha value is -1.76. The molecule has 0 aliphatic heterocycles. The minimum absolute atomic E-state index is 1.11. The van der Waals surface area contributed by atoms with Crippen molar-refractivity contribution in [2.45, 2.75) is 71.6 Å². The lowest BCUT2D eigenvalue weighted by molar-refractivity contribution is 0.633. The first-order chi connectivity index (χ1) is 12.4. The molecule has 2 aromatic rings. The van der Waals surface area contributed by atoms with Gasteiger partial charge in [0.15, 0.2) is 0 Å². The van der Waals surface area contributed by atoms with Crippen LogP contribution in [0.5, 0.6) is 0 Å². The Morgan fingerprint density at radius 3 is 2.04 bits per heavy atom. The maximum atomic E-state index is 2.53. The molecule has 0 heterocycles. The maximum Gasteiger partial charge on any atom is 0.0443 e. The lowest BCUT2D eigenvalue weighted by Crippen LogP contribution is -2.20. The van der Waals surface area contributed by atoms with Gasteiger partial charge in [-0.2, -0.15) is 0 Å². The van der Waals surface area contributed by atoms with E-state index in [1.807, 2.05) is 0 Å². The molecule has 0 aromatic heterocycles. The molecule has 0 fully saturated rings. The zero-order chi connectivity index (χ0) is 17.7. The predicted molar refractivity (Wildman–Crippen MR) is 112 cm³/mol. The number of benzene rings is 2. The summed E-state index contributed by atoms with van der Waals surface area (Å²) >= 11 is 0. The quantitative estimate of drug-likeness (QED) is 0.362. The third-order valence-corrected chi connectivity index (χ3v) is 4.89. The average Bonchev–Trinajstić information content (AvgIpc) is 2.66. The van der Waals surface area contributed by atoms with Gasteiger partial charge in [0.2, 0.25) is 0 Å². The minimum atomic E-state index is 1.11. The van der Waals surface area contributed by atoms with Gasteiger partial charge >= 0.3 is 0 Å². The number of aryl methyl sites for hydroxylation is 1. The van der Waals surface area contributed by atoms with Crippen molar-refractivity contribution in [1.82, 2.24) is 0 Å². The van der Waals surface area contributed by atoms with E-state index >= 15 is 0 Å². The van der Waals surface area contributed by atoms with Gasteiger partial charge in [-0.1, -0.05) is 88.8 Å². The van der Waals surface area contributed by atoms with E-state index in [0.717, 1.165) is 6.54 Å². The van der Waals surface area contributed by atoms with Crippen LogP contribution >= 0.6 is 0 Å². The van der Waals surface area contributed by atoms with Crippen LogP contribution in [-0.4, -0.2) is 6.54 Å². The van der Waals surface area contributed by atoms with Crippen molar-refractivity contribution in [3.8, 4) is 0 Å². The second-order valence-corrected chi connectivity index (χ2v) is 6.99. The Kier molecular flexibility index (Phi) is 9.18. The predicted octanol–water partition coefficient (Wildman–Crippen LogP) is 7.53. The highest BCUT2D eigenvalue weighted by molar-refractivity contribution is 5.66. The SMILES string of the molecule is CCCCCCCN(c1ccccc1)c1ccccc1CCCCC. The van der Waals surface area contributed by atoms with Crippen LogP contribution in [0.3, 0.4) is 0 Å². The highest BCUT2D eigenvalue weighted by Crippen LogP contribution is 2.30. The largest absolute Gasteiger partial charge is 0.341 e. The van der Waals surface area contributed by atoms with Crippen molar-refractivity contribution in [3.05, 3.63) is 60.2 Å². The first-order valence-electron chi connectivity index (χ1n) is 10.3. The molecule has 1 heteroatoms. The van der Waals surface area contributed by atoms with E-state index in [0.29, 0.717) is 0 Å². The Morgan fingerprint density at radius 2 is 1.28 bits per heavy atom. The van der Waals surface area contributed by atoms with Gasteiger partial charge < -0.3 is 4.90 Å². The fourth-order valence-electron chi connectivity index (χ4n) is 3.42. The van der Waals surface area contributed by atoms with Gasteiger partial charge in [-0.25, -0.2) is 0 Å². The number of hydrogen-bond acceptors (Lipinski definition) is 1. The molecule has 0 aliphatic rings. The van der Waals surface area contributed by atoms with Gasteiger partial charge in [0.25, 0.3) is 0 Å². The average molecular weight is 338 g/mol. The van der Waals surface area contributed by atoms with Crippen molar-refractivity contribution in [2.24, 2.45) is 0 Å². The van der Waals surface area contributed by atoms with Crippen LogP contribution in [0.15, 0.2) is 54.6 Å². The van der Waals surface area contributed by atoms with E-state index < -0.39 is 0 Å². The van der Waals surface area contributed by atoms with Crippen LogP contribution in [0.2, 0.25) is 0 Å². The molecule has 0 spiro atoms. The molecule has 0 aliphatic carbocycles. The fraction of sp³-hybridized carbons (Fsp3) is 0.500. The molecule has 2 rings (SSSR count). The molecule has 0 atom stereocenters. The molecule has 25 heavy (non-hydrogen) atoms. The van der Waals surface area contributed by atoms with Gasteiger partial charge in [-0.15, -0.1) is 0 Å². The molecule has 0 N–H and O–H groups in total. The van der Waals surface area contributed by atoms with Crippen molar-refractivity contribution in [3.63, 3.8) is 0 Å². The summed E-state index contributed by atoms with van der Waals surface area (Å²) < 4.78 is 0. The summed E-state index contributed by atoms with van der Waals surface area (Å²) in [6.45, 7) is 5.67. The summed E-state index contributed by atoms with van der Waals surface area (Å²) in [4.78, 5) is 2.53. The van der Waals surface area contributed by atoms with Gasteiger partial charge in [0.05, 0.1) is 0 Å². The van der Waals surface area contributed by atoms with Crippen molar-refractivity contribution in [2.75, 3.05) is 11.4 Å². The number of hydrogen-bond donors (Lipinski definition) is 0. The van der Waals surface area contributed by atoms with Crippen LogP contribution in [0, 0.1) is 0 Å². The van der Waals surface area contributed by atoms with Gasteiger partial charge in [-0.3, -0.25) is 0 Å². The first kappa shape index (κ1) is 19.6. The van der Waals surface area contributed by atoms with Crippen LogP contribution in [-0.2, 0) is 6.42 Å². The maximum absolute atomic E-state index is 2.53. The zero-order valence-electron chi connectivity index (χ0n) is 16.2. The number of unbranched alkanes of at least 4 members (excludes halogenated alkanes) is 6. The minimum Gasteiger partial charge on any atom is -0.341 e. The van der Waals surface area contributed by atoms with Crippen LogP contribution in [0.4, 0.5) is 11.4 Å². The highest BCUT2D eigenvalue weighted by atomic mass is 15.1. The molecule has 0 amide bonds. The first-order valence-corrected chi connectivity index (χ1v) is 10.3. The Labute approximate surface area is 155 Å². The Balaban J connectivity index is 2.14. The Bertz CT molecular complexity index is 576. The van der Waals surface area contributed by atoms with Crippen LogP contribution in [0.1, 0.15) is 70.8 Å². The molecule has 0 saturated carbocycles. The zero-order valence-corrected chi connectivity index (χ0v) is 16.2. The third-order valence-electron chi connectivity index (χ3n) is 4.89. The number of rotatable bonds is 12. The van der Waals surface area contributed by atoms with Gasteiger partial charge in [0.1, 0.15) is 0 Å². The van der Waals surface area contributed by atoms with Crippen LogP contribution < -0.4 is 4.90 Å². The summed E-state index contributed by atoms with van der Waals surface area (Å²) in [6, 6.07) is 19.9. The topological polar surface area (TPSA) is 3.24 Å². The second kappa shape index (κ2) is 11.7. The molecule has 2 aromatic carbocycles. The lowest BCUT2D eigenvalue weighted by Gasteiger charge is -2.27. The standard InChI is InChI=1S/C24H35N/c1-3-5-7-8-15-21-25(23-18-11-9-12-19-23)24-20-14-13-17-22(24)16-10-6-4-2/h9,11-14,17-20H,3-8,10,15-16,21H2,1-2H3. The molecule has 0 saturated heterocycles. The van der Waals surface area contributed by atoms with Crippen molar-refractivity contribution >= 4 is 11.4 Å². The van der Waals surface area contributed by atoms with E-state index in [1.165, 1.54) is 74.7 Å². The normalized spacial score (nSPS) is 10.8. The molecular weight excluding hydrogens is 302 g/mol. The van der Waals surface area contributed by atoms with Gasteiger partial charge in [-0.05, 0) is 43.0 Å². The summed E-state index contributed by atoms with van der Waals surface area (Å²) in [5.74, 6) is 0. The number of anilines is 2. The summed E-state index contributed by atoms with van der Waals surface area (Å²) in [5, 5.41) is 0. The summed E-state index contributed by atoms with van der Waals surface area (Å²) in [7, 11) is 0. The van der Waals surface area contributed by atoms with Crippen molar-refractivity contribution < 1.29 is 0 Å². The van der Waals surface area contributed by atoms with E-state index in [2.05, 4.69) is 73.3 Å². The van der Waals surface area contributed by atoms with Crippen LogP contribution in [0.25, 0.3) is 0 Å². The summed E-state index contributed by atoms with van der Waals surface area (Å²) in [6.07, 6.45) is 11.7. The number of para-hydroxylation sites is 2. The second-order valence-electron chi connectivity index (χ2n) is 6.99. The van der Waals surface area contributed by atoms with E-state index in [9.17, 15) is 0 Å². The number of nitrogens with zero attached hydrogens (tertiary/aromatic N) is 1. The molecular formula is C24H35N. The Morgan fingerprint density at radius 1 is 0.640 bits per heavy atom. The molecule has 136 valence electrons. The molecule has 0 unspecified atom stereocenters. The molecule has 0 radical (unpaired) electrons. The van der Waals surface area contributed by atoms with E-state index in [4.69, 9.17) is 0 Å².